The normalized spacial score (nSPS) is 18.4. The molecule has 0 bridgehead atoms. The summed E-state index contributed by atoms with van der Waals surface area (Å²) in [5, 5.41) is 3.05. The van der Waals surface area contributed by atoms with E-state index in [1.54, 1.807) is 0 Å². The van der Waals surface area contributed by atoms with Crippen LogP contribution in [0.4, 0.5) is 4.39 Å². The van der Waals surface area contributed by atoms with Gasteiger partial charge in [-0.2, -0.15) is 0 Å². The molecule has 1 atom stereocenters. The molecule has 2 rings (SSSR count). The summed E-state index contributed by atoms with van der Waals surface area (Å²) >= 11 is 0. The molecule has 1 aliphatic heterocycles. The van der Waals surface area contributed by atoms with Crippen molar-refractivity contribution in [1.29, 1.82) is 0 Å². The Labute approximate surface area is 125 Å². The molecule has 1 saturated heterocycles. The molecule has 3 N–H and O–H groups in total. The van der Waals surface area contributed by atoms with Crippen molar-refractivity contribution >= 4 is 5.91 Å². The number of amides is 1. The maximum Gasteiger partial charge on any atom is 0.221 e. The van der Waals surface area contributed by atoms with E-state index in [1.807, 2.05) is 19.1 Å². The van der Waals surface area contributed by atoms with Gasteiger partial charge in [-0.15, -0.1) is 0 Å². The molecule has 1 aromatic rings. The van der Waals surface area contributed by atoms with E-state index in [9.17, 15) is 9.18 Å². The number of nitrogens with two attached hydrogens (primary N) is 1. The SMILES string of the molecule is CC(N)CC(=O)NC1CCN(Cc2ccc(F)cc2)CC1. The molecule has 1 aliphatic rings. The Balaban J connectivity index is 1.73. The number of hydrogen-bond donors (Lipinski definition) is 2. The number of benzene rings is 1. The van der Waals surface area contributed by atoms with Gasteiger partial charge in [-0.05, 0) is 37.5 Å². The van der Waals surface area contributed by atoms with Crippen LogP contribution in [0.3, 0.4) is 0 Å². The average Bonchev–Trinajstić information content (AvgIpc) is 2.42. The molecule has 1 unspecified atom stereocenters. The van der Waals surface area contributed by atoms with Crippen molar-refractivity contribution in [2.24, 2.45) is 5.73 Å². The maximum atomic E-state index is 12.9. The van der Waals surface area contributed by atoms with Gasteiger partial charge >= 0.3 is 0 Å². The van der Waals surface area contributed by atoms with Crippen LogP contribution in [0.1, 0.15) is 31.7 Å². The molecule has 1 aromatic carbocycles. The van der Waals surface area contributed by atoms with Crippen molar-refractivity contribution in [1.82, 2.24) is 10.2 Å². The number of piperidine rings is 1. The molecule has 1 fully saturated rings. The van der Waals surface area contributed by atoms with E-state index in [2.05, 4.69) is 10.2 Å². The van der Waals surface area contributed by atoms with Gasteiger partial charge in [0.25, 0.3) is 0 Å². The fourth-order valence-electron chi connectivity index (χ4n) is 2.66. The van der Waals surface area contributed by atoms with Gasteiger partial charge in [0.05, 0.1) is 0 Å². The van der Waals surface area contributed by atoms with Crippen LogP contribution in [-0.4, -0.2) is 36.0 Å². The smallest absolute Gasteiger partial charge is 0.221 e. The van der Waals surface area contributed by atoms with Crippen LogP contribution in [0.2, 0.25) is 0 Å². The quantitative estimate of drug-likeness (QED) is 0.868. The largest absolute Gasteiger partial charge is 0.353 e. The first-order valence-electron chi connectivity index (χ1n) is 7.54. The monoisotopic (exact) mass is 293 g/mol. The zero-order valence-corrected chi connectivity index (χ0v) is 12.5. The highest BCUT2D eigenvalue weighted by atomic mass is 19.1. The number of likely N-dealkylation sites (tertiary alicyclic amines) is 1. The van der Waals surface area contributed by atoms with E-state index in [1.165, 1.54) is 12.1 Å². The topological polar surface area (TPSA) is 58.4 Å². The van der Waals surface area contributed by atoms with Crippen molar-refractivity contribution in [3.8, 4) is 0 Å². The summed E-state index contributed by atoms with van der Waals surface area (Å²) in [5.74, 6) is -0.156. The first kappa shape index (κ1) is 15.9. The van der Waals surface area contributed by atoms with Crippen LogP contribution in [0.15, 0.2) is 24.3 Å². The molecule has 5 heteroatoms. The summed E-state index contributed by atoms with van der Waals surface area (Å²) in [7, 11) is 0. The number of rotatable bonds is 5. The Hall–Kier alpha value is -1.46. The lowest BCUT2D eigenvalue weighted by Crippen LogP contribution is -2.45. The summed E-state index contributed by atoms with van der Waals surface area (Å²) in [6.45, 7) is 4.56. The van der Waals surface area contributed by atoms with Gasteiger partial charge in [-0.1, -0.05) is 12.1 Å². The third-order valence-electron chi connectivity index (χ3n) is 3.78. The molecule has 1 amide bonds. The van der Waals surface area contributed by atoms with Crippen molar-refractivity contribution < 1.29 is 9.18 Å². The standard InChI is InChI=1S/C16H24FN3O/c1-12(18)10-16(21)19-15-6-8-20(9-7-15)11-13-2-4-14(17)5-3-13/h2-5,12,15H,6-11,18H2,1H3,(H,19,21). The Morgan fingerprint density at radius 3 is 2.57 bits per heavy atom. The number of nitrogens with one attached hydrogen (secondary N) is 1. The molecule has 0 spiro atoms. The third-order valence-corrected chi connectivity index (χ3v) is 3.78. The van der Waals surface area contributed by atoms with Crippen molar-refractivity contribution in [3.05, 3.63) is 35.6 Å². The molecule has 0 saturated carbocycles. The van der Waals surface area contributed by atoms with Gasteiger partial charge in [0.1, 0.15) is 5.82 Å². The van der Waals surface area contributed by atoms with Crippen LogP contribution >= 0.6 is 0 Å². The Kier molecular flexibility index (Phi) is 5.70. The van der Waals surface area contributed by atoms with Gasteiger partial charge in [0, 0.05) is 38.1 Å². The van der Waals surface area contributed by atoms with E-state index < -0.39 is 0 Å². The van der Waals surface area contributed by atoms with Gasteiger partial charge < -0.3 is 11.1 Å². The second kappa shape index (κ2) is 7.52. The summed E-state index contributed by atoms with van der Waals surface area (Å²) < 4.78 is 12.9. The Bertz CT molecular complexity index is 453. The minimum atomic E-state index is -0.200. The number of hydrogen-bond acceptors (Lipinski definition) is 3. The summed E-state index contributed by atoms with van der Waals surface area (Å²) in [5.41, 5.74) is 6.74. The van der Waals surface area contributed by atoms with Gasteiger partial charge in [0.2, 0.25) is 5.91 Å². The highest BCUT2D eigenvalue weighted by Gasteiger charge is 2.20. The molecule has 21 heavy (non-hydrogen) atoms. The molecule has 0 radical (unpaired) electrons. The molecule has 0 aromatic heterocycles. The highest BCUT2D eigenvalue weighted by molar-refractivity contribution is 5.76. The van der Waals surface area contributed by atoms with Gasteiger partial charge in [0.15, 0.2) is 0 Å². The molecule has 0 aliphatic carbocycles. The van der Waals surface area contributed by atoms with Crippen LogP contribution < -0.4 is 11.1 Å². The highest BCUT2D eigenvalue weighted by Crippen LogP contribution is 2.14. The zero-order valence-electron chi connectivity index (χ0n) is 12.5. The minimum Gasteiger partial charge on any atom is -0.353 e. The van der Waals surface area contributed by atoms with E-state index in [4.69, 9.17) is 5.73 Å². The Morgan fingerprint density at radius 2 is 2.00 bits per heavy atom. The second-order valence-corrected chi connectivity index (χ2v) is 5.93. The third kappa shape index (κ3) is 5.44. The van der Waals surface area contributed by atoms with Crippen LogP contribution in [0.5, 0.6) is 0 Å². The number of carbonyl (C=O) groups is 1. The van der Waals surface area contributed by atoms with E-state index in [0.29, 0.717) is 6.42 Å². The van der Waals surface area contributed by atoms with Crippen LogP contribution in [-0.2, 0) is 11.3 Å². The zero-order chi connectivity index (χ0) is 15.2. The first-order chi connectivity index (χ1) is 10.0. The van der Waals surface area contributed by atoms with Gasteiger partial charge in [-0.3, -0.25) is 9.69 Å². The maximum absolute atomic E-state index is 12.9. The van der Waals surface area contributed by atoms with Gasteiger partial charge in [-0.25, -0.2) is 4.39 Å². The fourth-order valence-corrected chi connectivity index (χ4v) is 2.66. The van der Waals surface area contributed by atoms with Crippen molar-refractivity contribution in [2.45, 2.75) is 44.8 Å². The lowest BCUT2D eigenvalue weighted by molar-refractivity contribution is -0.122. The van der Waals surface area contributed by atoms with E-state index in [0.717, 1.165) is 38.0 Å². The van der Waals surface area contributed by atoms with E-state index in [-0.39, 0.29) is 23.8 Å². The van der Waals surface area contributed by atoms with Crippen molar-refractivity contribution in [3.63, 3.8) is 0 Å². The Morgan fingerprint density at radius 1 is 1.38 bits per heavy atom. The van der Waals surface area contributed by atoms with Crippen molar-refractivity contribution in [2.75, 3.05) is 13.1 Å². The molecule has 4 nitrogen and oxygen atoms in total. The lowest BCUT2D eigenvalue weighted by Gasteiger charge is -2.32. The van der Waals surface area contributed by atoms with Crippen LogP contribution in [0.25, 0.3) is 0 Å². The molecule has 116 valence electrons. The number of nitrogens with zero attached hydrogens (tertiary/aromatic N) is 1. The minimum absolute atomic E-state index is 0.0435. The van der Waals surface area contributed by atoms with E-state index >= 15 is 0 Å². The second-order valence-electron chi connectivity index (χ2n) is 5.93. The molecular formula is C16H24FN3O. The lowest BCUT2D eigenvalue weighted by atomic mass is 10.0. The number of halogens is 1. The molecular weight excluding hydrogens is 269 g/mol. The van der Waals surface area contributed by atoms with Crippen LogP contribution in [0, 0.1) is 5.82 Å². The fraction of sp³-hybridized carbons (Fsp3) is 0.562. The summed E-state index contributed by atoms with van der Waals surface area (Å²) in [6, 6.07) is 6.80. The predicted molar refractivity (Wildman–Crippen MR) is 81.1 cm³/mol. The summed E-state index contributed by atoms with van der Waals surface area (Å²) in [6.07, 6.45) is 2.29. The average molecular weight is 293 g/mol. The predicted octanol–water partition coefficient (Wildman–Crippen LogP) is 1.64. The first-order valence-corrected chi connectivity index (χ1v) is 7.54. The molecule has 1 heterocycles. The summed E-state index contributed by atoms with van der Waals surface area (Å²) in [4.78, 5) is 14.0. The number of carbonyl (C=O) groups excluding carboxylic acids is 1.